The molecule has 1 rings (SSSR count). The molecule has 1 saturated carbocycles. The highest BCUT2D eigenvalue weighted by Crippen LogP contribution is 2.19. The van der Waals surface area contributed by atoms with E-state index in [0.29, 0.717) is 0 Å². The number of ether oxygens (including phenoxy) is 1. The number of hydrogen-bond donors (Lipinski definition) is 1. The lowest BCUT2D eigenvalue weighted by Crippen LogP contribution is -2.35. The number of terminal acetylenes is 1. The standard InChI is InChI=1S/C12H21NO/c1-2-3-7-10-14-12-9-6-4-5-8-11(12)13/h1,11-12H,3-10,13H2. The number of rotatable bonds is 4. The molecule has 0 radical (unpaired) electrons. The highest BCUT2D eigenvalue weighted by Gasteiger charge is 2.20. The average molecular weight is 195 g/mol. The molecule has 0 aromatic carbocycles. The molecule has 2 atom stereocenters. The van der Waals surface area contributed by atoms with Crippen molar-refractivity contribution in [3.05, 3.63) is 0 Å². The van der Waals surface area contributed by atoms with Gasteiger partial charge in [0, 0.05) is 19.1 Å². The molecule has 1 fully saturated rings. The van der Waals surface area contributed by atoms with Crippen molar-refractivity contribution in [1.82, 2.24) is 0 Å². The molecular formula is C12H21NO. The van der Waals surface area contributed by atoms with Crippen LogP contribution in [-0.2, 0) is 4.74 Å². The van der Waals surface area contributed by atoms with Crippen LogP contribution in [0.25, 0.3) is 0 Å². The first-order valence-electron chi connectivity index (χ1n) is 5.65. The van der Waals surface area contributed by atoms with Gasteiger partial charge < -0.3 is 10.5 Å². The van der Waals surface area contributed by atoms with Gasteiger partial charge in [0.2, 0.25) is 0 Å². The maximum Gasteiger partial charge on any atom is 0.0725 e. The van der Waals surface area contributed by atoms with Crippen molar-refractivity contribution in [2.45, 2.75) is 57.1 Å². The molecule has 0 amide bonds. The summed E-state index contributed by atoms with van der Waals surface area (Å²) in [6.45, 7) is 0.766. The SMILES string of the molecule is C#CCCCOC1CCCCCC1N. The molecule has 0 bridgehead atoms. The van der Waals surface area contributed by atoms with Gasteiger partial charge in [-0.15, -0.1) is 12.3 Å². The minimum atomic E-state index is 0.239. The van der Waals surface area contributed by atoms with E-state index in [1.807, 2.05) is 0 Å². The van der Waals surface area contributed by atoms with Crippen molar-refractivity contribution in [2.24, 2.45) is 5.73 Å². The molecule has 0 saturated heterocycles. The maximum atomic E-state index is 6.03. The smallest absolute Gasteiger partial charge is 0.0725 e. The van der Waals surface area contributed by atoms with Gasteiger partial charge in [0.15, 0.2) is 0 Å². The van der Waals surface area contributed by atoms with Gasteiger partial charge in [-0.2, -0.15) is 0 Å². The Balaban J connectivity index is 2.17. The average Bonchev–Trinajstić information content (AvgIpc) is 2.39. The first-order chi connectivity index (χ1) is 6.84. The summed E-state index contributed by atoms with van der Waals surface area (Å²) in [4.78, 5) is 0. The summed E-state index contributed by atoms with van der Waals surface area (Å²) in [5, 5.41) is 0. The van der Waals surface area contributed by atoms with Crippen molar-refractivity contribution in [1.29, 1.82) is 0 Å². The minimum Gasteiger partial charge on any atom is -0.377 e. The summed E-state index contributed by atoms with van der Waals surface area (Å²) in [5.74, 6) is 2.62. The van der Waals surface area contributed by atoms with E-state index >= 15 is 0 Å². The Morgan fingerprint density at radius 1 is 1.29 bits per heavy atom. The van der Waals surface area contributed by atoms with E-state index in [-0.39, 0.29) is 12.1 Å². The predicted octanol–water partition coefficient (Wildman–Crippen LogP) is 2.08. The van der Waals surface area contributed by atoms with Crippen LogP contribution in [-0.4, -0.2) is 18.8 Å². The minimum absolute atomic E-state index is 0.239. The fourth-order valence-corrected chi connectivity index (χ4v) is 1.92. The zero-order valence-electron chi connectivity index (χ0n) is 8.87. The first-order valence-corrected chi connectivity index (χ1v) is 5.65. The summed E-state index contributed by atoms with van der Waals surface area (Å²) < 4.78 is 5.76. The zero-order chi connectivity index (χ0) is 10.2. The Bertz CT molecular complexity index is 185. The zero-order valence-corrected chi connectivity index (χ0v) is 8.87. The molecule has 0 heterocycles. The summed E-state index contributed by atoms with van der Waals surface area (Å²) in [6, 6.07) is 0.239. The summed E-state index contributed by atoms with van der Waals surface area (Å²) in [7, 11) is 0. The Labute approximate surface area is 87.2 Å². The molecule has 0 aromatic rings. The van der Waals surface area contributed by atoms with E-state index in [4.69, 9.17) is 16.9 Å². The molecular weight excluding hydrogens is 174 g/mol. The molecule has 0 spiro atoms. The molecule has 0 aliphatic heterocycles. The Morgan fingerprint density at radius 3 is 2.86 bits per heavy atom. The largest absolute Gasteiger partial charge is 0.377 e. The molecule has 1 aliphatic rings. The summed E-state index contributed by atoms with van der Waals surface area (Å²) >= 11 is 0. The predicted molar refractivity (Wildman–Crippen MR) is 58.9 cm³/mol. The van der Waals surface area contributed by atoms with Crippen molar-refractivity contribution in [2.75, 3.05) is 6.61 Å². The third-order valence-electron chi connectivity index (χ3n) is 2.80. The molecule has 2 heteroatoms. The van der Waals surface area contributed by atoms with E-state index in [2.05, 4.69) is 5.92 Å². The number of hydrogen-bond acceptors (Lipinski definition) is 2. The molecule has 80 valence electrons. The van der Waals surface area contributed by atoms with Crippen LogP contribution in [0.1, 0.15) is 44.9 Å². The van der Waals surface area contributed by atoms with Gasteiger partial charge in [-0.3, -0.25) is 0 Å². The molecule has 2 nitrogen and oxygen atoms in total. The second-order valence-corrected chi connectivity index (χ2v) is 4.02. The van der Waals surface area contributed by atoms with E-state index in [1.165, 1.54) is 19.3 Å². The fourth-order valence-electron chi connectivity index (χ4n) is 1.92. The van der Waals surface area contributed by atoms with E-state index in [0.717, 1.165) is 32.3 Å². The lowest BCUT2D eigenvalue weighted by atomic mass is 10.1. The van der Waals surface area contributed by atoms with Crippen LogP contribution in [0, 0.1) is 12.3 Å². The molecule has 2 unspecified atom stereocenters. The van der Waals surface area contributed by atoms with Crippen LogP contribution in [0.3, 0.4) is 0 Å². The van der Waals surface area contributed by atoms with Crippen molar-refractivity contribution >= 4 is 0 Å². The van der Waals surface area contributed by atoms with Crippen LogP contribution < -0.4 is 5.73 Å². The quantitative estimate of drug-likeness (QED) is 0.423. The summed E-state index contributed by atoms with van der Waals surface area (Å²) in [5.41, 5.74) is 6.03. The molecule has 2 N–H and O–H groups in total. The fraction of sp³-hybridized carbons (Fsp3) is 0.833. The van der Waals surface area contributed by atoms with Crippen molar-refractivity contribution < 1.29 is 4.74 Å². The topological polar surface area (TPSA) is 35.2 Å². The lowest BCUT2D eigenvalue weighted by Gasteiger charge is -2.21. The summed E-state index contributed by atoms with van der Waals surface area (Å²) in [6.07, 6.45) is 13.3. The van der Waals surface area contributed by atoms with Crippen LogP contribution in [0.2, 0.25) is 0 Å². The van der Waals surface area contributed by atoms with Gasteiger partial charge in [0.25, 0.3) is 0 Å². The second kappa shape index (κ2) is 6.86. The Kier molecular flexibility index (Phi) is 5.66. The second-order valence-electron chi connectivity index (χ2n) is 4.02. The van der Waals surface area contributed by atoms with Crippen molar-refractivity contribution in [3.63, 3.8) is 0 Å². The number of nitrogens with two attached hydrogens (primary N) is 1. The van der Waals surface area contributed by atoms with E-state index < -0.39 is 0 Å². The Hall–Kier alpha value is -0.520. The van der Waals surface area contributed by atoms with Crippen LogP contribution in [0.15, 0.2) is 0 Å². The van der Waals surface area contributed by atoms with Crippen LogP contribution >= 0.6 is 0 Å². The monoisotopic (exact) mass is 195 g/mol. The normalized spacial score (nSPS) is 28.0. The highest BCUT2D eigenvalue weighted by atomic mass is 16.5. The first kappa shape index (κ1) is 11.6. The van der Waals surface area contributed by atoms with Crippen molar-refractivity contribution in [3.8, 4) is 12.3 Å². The number of unbranched alkanes of at least 4 members (excludes halogenated alkanes) is 1. The Morgan fingerprint density at radius 2 is 2.07 bits per heavy atom. The van der Waals surface area contributed by atoms with E-state index in [1.54, 1.807) is 0 Å². The molecule has 1 aliphatic carbocycles. The van der Waals surface area contributed by atoms with Crippen LogP contribution in [0.5, 0.6) is 0 Å². The van der Waals surface area contributed by atoms with Gasteiger partial charge >= 0.3 is 0 Å². The van der Waals surface area contributed by atoms with Crippen LogP contribution in [0.4, 0.5) is 0 Å². The molecule has 14 heavy (non-hydrogen) atoms. The lowest BCUT2D eigenvalue weighted by molar-refractivity contribution is 0.0305. The van der Waals surface area contributed by atoms with Gasteiger partial charge in [-0.1, -0.05) is 19.3 Å². The van der Waals surface area contributed by atoms with E-state index in [9.17, 15) is 0 Å². The van der Waals surface area contributed by atoms with Gasteiger partial charge in [-0.05, 0) is 19.3 Å². The van der Waals surface area contributed by atoms with Gasteiger partial charge in [0.05, 0.1) is 6.10 Å². The molecule has 0 aromatic heterocycles. The third-order valence-corrected chi connectivity index (χ3v) is 2.80. The highest BCUT2D eigenvalue weighted by molar-refractivity contribution is 4.83. The van der Waals surface area contributed by atoms with Gasteiger partial charge in [0.1, 0.15) is 0 Å². The maximum absolute atomic E-state index is 6.03. The third kappa shape index (κ3) is 4.13. The van der Waals surface area contributed by atoms with Gasteiger partial charge in [-0.25, -0.2) is 0 Å².